The summed E-state index contributed by atoms with van der Waals surface area (Å²) < 4.78 is 56.7. The molecule has 14 heteroatoms. The van der Waals surface area contributed by atoms with E-state index in [2.05, 4.69) is 15.3 Å². The molecule has 43 heavy (non-hydrogen) atoms. The predicted octanol–water partition coefficient (Wildman–Crippen LogP) is 5.77. The maximum Gasteiger partial charge on any atom is 0.416 e. The van der Waals surface area contributed by atoms with E-state index >= 15 is 0 Å². The van der Waals surface area contributed by atoms with Crippen LogP contribution in [-0.4, -0.2) is 70.8 Å². The van der Waals surface area contributed by atoms with Gasteiger partial charge in [0.25, 0.3) is 0 Å². The number of halogens is 3. The summed E-state index contributed by atoms with van der Waals surface area (Å²) in [5.41, 5.74) is 5.03. The van der Waals surface area contributed by atoms with Gasteiger partial charge in [0.05, 0.1) is 24.2 Å². The molecule has 11 nitrogen and oxygen atoms in total. The molecule has 3 aromatic rings. The predicted molar refractivity (Wildman–Crippen MR) is 154 cm³/mol. The molecule has 0 bridgehead atoms. The van der Waals surface area contributed by atoms with Gasteiger partial charge in [0.15, 0.2) is 11.5 Å². The highest BCUT2D eigenvalue weighted by molar-refractivity contribution is 5.92. The van der Waals surface area contributed by atoms with Gasteiger partial charge in [-0.1, -0.05) is 0 Å². The summed E-state index contributed by atoms with van der Waals surface area (Å²) in [5, 5.41) is 3.60. The lowest BCUT2D eigenvalue weighted by atomic mass is 10.0. The summed E-state index contributed by atoms with van der Waals surface area (Å²) in [4.78, 5) is 37.4. The number of ether oxygens (including phenoxy) is 3. The average molecular weight is 605 g/mol. The lowest BCUT2D eigenvalue weighted by Crippen LogP contribution is -2.52. The van der Waals surface area contributed by atoms with E-state index in [0.717, 1.165) is 12.1 Å². The molecule has 0 radical (unpaired) electrons. The highest BCUT2D eigenvalue weighted by Crippen LogP contribution is 2.37. The second-order valence-electron chi connectivity index (χ2n) is 11.2. The van der Waals surface area contributed by atoms with Crippen molar-refractivity contribution in [3.8, 4) is 11.5 Å². The Morgan fingerprint density at radius 2 is 1.58 bits per heavy atom. The Hall–Kier alpha value is -4.49. The highest BCUT2D eigenvalue weighted by atomic mass is 19.4. The quantitative estimate of drug-likeness (QED) is 0.348. The van der Waals surface area contributed by atoms with Crippen LogP contribution in [0.15, 0.2) is 30.3 Å². The number of benzene rings is 2. The first-order valence-corrected chi connectivity index (χ1v) is 13.6. The Bertz CT molecular complexity index is 1520. The van der Waals surface area contributed by atoms with Crippen LogP contribution in [0.25, 0.3) is 10.9 Å². The first kappa shape index (κ1) is 31.4. The normalized spacial score (nSPS) is 14.8. The fourth-order valence-electron chi connectivity index (χ4n) is 4.54. The van der Waals surface area contributed by atoms with E-state index in [4.69, 9.17) is 19.9 Å². The largest absolute Gasteiger partial charge is 0.493 e. The number of aromatic nitrogens is 2. The van der Waals surface area contributed by atoms with E-state index in [-0.39, 0.29) is 43.4 Å². The van der Waals surface area contributed by atoms with Crippen LogP contribution in [0.2, 0.25) is 0 Å². The third-order valence-electron chi connectivity index (χ3n) is 6.64. The number of rotatable bonds is 5. The van der Waals surface area contributed by atoms with Crippen molar-refractivity contribution < 1.29 is 37.0 Å². The van der Waals surface area contributed by atoms with Gasteiger partial charge in [-0.3, -0.25) is 0 Å². The van der Waals surface area contributed by atoms with Crippen molar-refractivity contribution in [3.05, 3.63) is 47.3 Å². The van der Waals surface area contributed by atoms with Crippen LogP contribution in [0.1, 0.15) is 50.7 Å². The van der Waals surface area contributed by atoms with E-state index in [0.29, 0.717) is 28.1 Å². The van der Waals surface area contributed by atoms with Gasteiger partial charge < -0.3 is 35.1 Å². The van der Waals surface area contributed by atoms with Crippen LogP contribution in [-0.2, 0) is 10.9 Å². The summed E-state index contributed by atoms with van der Waals surface area (Å²) in [7, 11) is 1.42. The number of anilines is 2. The van der Waals surface area contributed by atoms with Gasteiger partial charge in [-0.05, 0) is 64.4 Å². The maximum absolute atomic E-state index is 13.4. The molecule has 1 atom stereocenters. The van der Waals surface area contributed by atoms with Crippen LogP contribution < -0.4 is 20.5 Å². The molecule has 2 heterocycles. The van der Waals surface area contributed by atoms with Gasteiger partial charge in [0.1, 0.15) is 17.2 Å². The number of nitrogens with two attached hydrogens (primary N) is 1. The molecule has 1 aliphatic rings. The molecule has 0 aliphatic carbocycles. The zero-order valence-corrected chi connectivity index (χ0v) is 24.8. The first-order chi connectivity index (χ1) is 20.0. The minimum absolute atomic E-state index is 0.0203. The van der Waals surface area contributed by atoms with Crippen LogP contribution in [0.3, 0.4) is 0 Å². The van der Waals surface area contributed by atoms with Crippen molar-refractivity contribution >= 4 is 34.6 Å². The van der Waals surface area contributed by atoms with Crippen molar-refractivity contribution in [2.75, 3.05) is 44.3 Å². The van der Waals surface area contributed by atoms with Crippen molar-refractivity contribution in [1.82, 2.24) is 19.8 Å². The molecule has 2 aromatic carbocycles. The Morgan fingerprint density at radius 3 is 2.16 bits per heavy atom. The molecule has 1 fully saturated rings. The fraction of sp³-hybridized carbons (Fsp3) is 0.448. The number of nitrogens with zero attached hydrogens (tertiary/aromatic N) is 4. The fourth-order valence-corrected chi connectivity index (χ4v) is 4.54. The van der Waals surface area contributed by atoms with Gasteiger partial charge in [-0.2, -0.15) is 13.2 Å². The number of carbonyl (C=O) groups is 2. The standard InChI is InChI=1S/C29H35F3N6O5/c1-16(18-11-19(29(30,31)32)13-20(33)12-18)34-25-21-14-24(23(41-6)15-22(21)35-17(2)36-25)42-26(39)37-7-9-38(10-8-37)27(40)43-28(3,4)5/h11-16H,7-10,33H2,1-6H3,(H,34,35,36)/t16-/m1/s1. The zero-order chi connectivity index (χ0) is 31.7. The van der Waals surface area contributed by atoms with Crippen LogP contribution in [0.5, 0.6) is 11.5 Å². The van der Waals surface area contributed by atoms with Gasteiger partial charge in [0.2, 0.25) is 0 Å². The molecule has 232 valence electrons. The molecule has 1 aromatic heterocycles. The van der Waals surface area contributed by atoms with E-state index in [9.17, 15) is 22.8 Å². The van der Waals surface area contributed by atoms with Crippen LogP contribution in [0.4, 0.5) is 34.3 Å². The summed E-state index contributed by atoms with van der Waals surface area (Å²) in [6.07, 6.45) is -5.65. The third kappa shape index (κ3) is 7.67. The number of piperazine rings is 1. The Labute approximate surface area is 247 Å². The molecule has 0 saturated carbocycles. The van der Waals surface area contributed by atoms with Crippen LogP contribution >= 0.6 is 0 Å². The third-order valence-corrected chi connectivity index (χ3v) is 6.64. The number of carbonyl (C=O) groups excluding carboxylic acids is 2. The molecule has 1 saturated heterocycles. The zero-order valence-electron chi connectivity index (χ0n) is 24.8. The number of hydrogen-bond donors (Lipinski definition) is 2. The van der Waals surface area contributed by atoms with Gasteiger partial charge in [0, 0.05) is 43.3 Å². The minimum Gasteiger partial charge on any atom is -0.493 e. The van der Waals surface area contributed by atoms with Crippen molar-refractivity contribution in [3.63, 3.8) is 0 Å². The Balaban J connectivity index is 1.56. The monoisotopic (exact) mass is 604 g/mol. The molecule has 0 unspecified atom stereocenters. The Morgan fingerprint density at radius 1 is 0.953 bits per heavy atom. The summed E-state index contributed by atoms with van der Waals surface area (Å²) in [5.74, 6) is 1.06. The van der Waals surface area contributed by atoms with Crippen LogP contribution in [0, 0.1) is 6.92 Å². The number of hydrogen-bond acceptors (Lipinski definition) is 9. The van der Waals surface area contributed by atoms with Gasteiger partial charge >= 0.3 is 18.4 Å². The number of fused-ring (bicyclic) bond motifs is 1. The van der Waals surface area contributed by atoms with Crippen molar-refractivity contribution in [2.24, 2.45) is 0 Å². The molecular formula is C29H35F3N6O5. The first-order valence-electron chi connectivity index (χ1n) is 13.6. The average Bonchev–Trinajstić information content (AvgIpc) is 2.91. The topological polar surface area (TPSA) is 132 Å². The molecule has 2 amide bonds. The molecule has 0 spiro atoms. The molecule has 3 N–H and O–H groups in total. The second kappa shape index (κ2) is 12.0. The molecule has 4 rings (SSSR count). The summed E-state index contributed by atoms with van der Waals surface area (Å²) >= 11 is 0. The number of alkyl halides is 3. The molecule has 1 aliphatic heterocycles. The van der Waals surface area contributed by atoms with E-state index in [1.54, 1.807) is 40.7 Å². The number of nitrogens with one attached hydrogen (secondary N) is 1. The van der Waals surface area contributed by atoms with E-state index < -0.39 is 35.6 Å². The smallest absolute Gasteiger partial charge is 0.416 e. The Kier molecular flexibility index (Phi) is 8.79. The minimum atomic E-state index is -4.56. The summed E-state index contributed by atoms with van der Waals surface area (Å²) in [6, 6.07) is 5.87. The van der Waals surface area contributed by atoms with Crippen molar-refractivity contribution in [2.45, 2.75) is 52.4 Å². The summed E-state index contributed by atoms with van der Waals surface area (Å²) in [6.45, 7) is 9.73. The molecular weight excluding hydrogens is 569 g/mol. The van der Waals surface area contributed by atoms with E-state index in [1.165, 1.54) is 29.0 Å². The number of aryl methyl sites for hydroxylation is 1. The number of amides is 2. The number of nitrogen functional groups attached to an aromatic ring is 1. The lowest BCUT2D eigenvalue weighted by Gasteiger charge is -2.35. The number of methoxy groups -OCH3 is 1. The van der Waals surface area contributed by atoms with Crippen molar-refractivity contribution in [1.29, 1.82) is 0 Å². The van der Waals surface area contributed by atoms with Gasteiger partial charge in [-0.25, -0.2) is 19.6 Å². The van der Waals surface area contributed by atoms with Gasteiger partial charge in [-0.15, -0.1) is 0 Å². The second-order valence-corrected chi connectivity index (χ2v) is 11.2. The van der Waals surface area contributed by atoms with E-state index in [1.807, 2.05) is 0 Å². The SMILES string of the molecule is COc1cc2nc(C)nc(N[C@H](C)c3cc(N)cc(C(F)(F)F)c3)c2cc1OC(=O)N1CCN(C(=O)OC(C)(C)C)CC1. The highest BCUT2D eigenvalue weighted by Gasteiger charge is 2.32. The lowest BCUT2D eigenvalue weighted by molar-refractivity contribution is -0.137. The maximum atomic E-state index is 13.4.